The first-order chi connectivity index (χ1) is 13.4. The summed E-state index contributed by atoms with van der Waals surface area (Å²) >= 11 is 0. The Hall–Kier alpha value is -0.660. The summed E-state index contributed by atoms with van der Waals surface area (Å²) in [6.07, 6.45) is 5.29. The van der Waals surface area contributed by atoms with Crippen LogP contribution in [0.3, 0.4) is 0 Å². The molecule has 0 spiro atoms. The zero-order valence-electron chi connectivity index (χ0n) is 17.6. The molecular formula is C18H37IN6O3S. The Bertz CT molecular complexity index is 619. The molecule has 11 heteroatoms. The van der Waals surface area contributed by atoms with Crippen molar-refractivity contribution in [1.82, 2.24) is 25.6 Å². The summed E-state index contributed by atoms with van der Waals surface area (Å²) in [5.41, 5.74) is 0. The Kier molecular flexibility index (Phi) is 12.4. The summed E-state index contributed by atoms with van der Waals surface area (Å²) in [5.74, 6) is 1.20. The van der Waals surface area contributed by atoms with Gasteiger partial charge < -0.3 is 16.0 Å². The molecule has 1 saturated heterocycles. The highest BCUT2D eigenvalue weighted by Crippen LogP contribution is 2.25. The minimum absolute atomic E-state index is 0. The van der Waals surface area contributed by atoms with E-state index >= 15 is 0 Å². The standard InChI is InChI=1S/C18H36N6O3S.HI/c1-3-20-18(21-9-12-28(26,27)22-13-15-5-4-6-15)23-16-7-10-24(11-8-16)14-17(25)19-2;/h15-16,22H,3-14H2,1-2H3,(H,19,25)(H2,20,21,23);1H. The number of amides is 1. The van der Waals surface area contributed by atoms with Crippen molar-refractivity contribution in [3.8, 4) is 0 Å². The largest absolute Gasteiger partial charge is 0.358 e. The molecule has 0 radical (unpaired) electrons. The third-order valence-corrected chi connectivity index (χ3v) is 6.69. The van der Waals surface area contributed by atoms with Crippen LogP contribution in [0.25, 0.3) is 0 Å². The van der Waals surface area contributed by atoms with Gasteiger partial charge in [-0.05, 0) is 38.5 Å². The number of piperidine rings is 1. The fourth-order valence-corrected chi connectivity index (χ4v) is 4.29. The van der Waals surface area contributed by atoms with E-state index in [1.807, 2.05) is 6.92 Å². The highest BCUT2D eigenvalue weighted by molar-refractivity contribution is 14.0. The highest BCUT2D eigenvalue weighted by Gasteiger charge is 2.22. The normalized spacial score (nSPS) is 19.2. The second kappa shape index (κ2) is 13.6. The number of carbonyl (C=O) groups is 1. The van der Waals surface area contributed by atoms with Crippen LogP contribution in [0.4, 0.5) is 0 Å². The minimum Gasteiger partial charge on any atom is -0.358 e. The van der Waals surface area contributed by atoms with Crippen LogP contribution >= 0.6 is 24.0 Å². The quantitative estimate of drug-likeness (QED) is 0.176. The lowest BCUT2D eigenvalue weighted by Gasteiger charge is -2.32. The molecule has 2 aliphatic rings. The topological polar surface area (TPSA) is 115 Å². The number of likely N-dealkylation sites (N-methyl/N-ethyl adjacent to an activating group) is 1. The van der Waals surface area contributed by atoms with Crippen LogP contribution in [0.5, 0.6) is 0 Å². The molecule has 0 atom stereocenters. The zero-order chi connectivity index (χ0) is 20.4. The van der Waals surface area contributed by atoms with E-state index in [9.17, 15) is 13.2 Å². The van der Waals surface area contributed by atoms with E-state index in [1.165, 1.54) is 6.42 Å². The summed E-state index contributed by atoms with van der Waals surface area (Å²) < 4.78 is 26.9. The van der Waals surface area contributed by atoms with Gasteiger partial charge in [-0.1, -0.05) is 6.42 Å². The first kappa shape index (κ1) is 26.4. The van der Waals surface area contributed by atoms with Crippen molar-refractivity contribution in [2.24, 2.45) is 10.9 Å². The van der Waals surface area contributed by atoms with Gasteiger partial charge in [0.2, 0.25) is 15.9 Å². The van der Waals surface area contributed by atoms with Gasteiger partial charge in [0, 0.05) is 39.3 Å². The third-order valence-electron chi connectivity index (χ3n) is 5.37. The number of nitrogens with one attached hydrogen (secondary N) is 4. The number of sulfonamides is 1. The molecule has 1 aliphatic carbocycles. The van der Waals surface area contributed by atoms with Crippen LogP contribution < -0.4 is 20.7 Å². The van der Waals surface area contributed by atoms with Gasteiger partial charge in [0.15, 0.2) is 5.96 Å². The van der Waals surface area contributed by atoms with E-state index in [4.69, 9.17) is 0 Å². The maximum atomic E-state index is 12.1. The highest BCUT2D eigenvalue weighted by atomic mass is 127. The van der Waals surface area contributed by atoms with Crippen molar-refractivity contribution in [3.63, 3.8) is 0 Å². The van der Waals surface area contributed by atoms with Crippen LogP contribution in [0, 0.1) is 5.92 Å². The molecule has 0 aromatic rings. The molecule has 9 nitrogen and oxygen atoms in total. The van der Waals surface area contributed by atoms with Crippen molar-refractivity contribution in [2.45, 2.75) is 45.1 Å². The van der Waals surface area contributed by atoms with Crippen LogP contribution in [0.15, 0.2) is 4.99 Å². The first-order valence-corrected chi connectivity index (χ1v) is 12.0. The second-order valence-corrected chi connectivity index (χ2v) is 9.52. The number of aliphatic imine (C=N–C) groups is 1. The molecule has 0 aromatic carbocycles. The Morgan fingerprint density at radius 1 is 1.17 bits per heavy atom. The van der Waals surface area contributed by atoms with Gasteiger partial charge in [-0.3, -0.25) is 14.7 Å². The van der Waals surface area contributed by atoms with Crippen LogP contribution in [0.2, 0.25) is 0 Å². The summed E-state index contributed by atoms with van der Waals surface area (Å²) in [5, 5.41) is 9.23. The Labute approximate surface area is 192 Å². The predicted molar refractivity (Wildman–Crippen MR) is 127 cm³/mol. The van der Waals surface area contributed by atoms with E-state index in [2.05, 4.69) is 30.6 Å². The van der Waals surface area contributed by atoms with E-state index in [0.29, 0.717) is 31.5 Å². The number of guanidine groups is 1. The monoisotopic (exact) mass is 544 g/mol. The van der Waals surface area contributed by atoms with Crippen molar-refractivity contribution >= 4 is 45.9 Å². The van der Waals surface area contributed by atoms with E-state index in [0.717, 1.165) is 38.8 Å². The van der Waals surface area contributed by atoms with E-state index in [-0.39, 0.29) is 48.2 Å². The molecule has 1 saturated carbocycles. The number of halogens is 1. The van der Waals surface area contributed by atoms with Gasteiger partial charge >= 0.3 is 0 Å². The fourth-order valence-electron chi connectivity index (χ4n) is 3.32. The van der Waals surface area contributed by atoms with Crippen molar-refractivity contribution in [2.75, 3.05) is 52.1 Å². The number of likely N-dealkylation sites (tertiary alicyclic amines) is 1. The van der Waals surface area contributed by atoms with Gasteiger partial charge in [0.25, 0.3) is 0 Å². The van der Waals surface area contributed by atoms with Gasteiger partial charge in [-0.25, -0.2) is 13.1 Å². The minimum atomic E-state index is -3.28. The Morgan fingerprint density at radius 3 is 2.41 bits per heavy atom. The molecule has 1 aliphatic heterocycles. The van der Waals surface area contributed by atoms with Crippen LogP contribution in [0.1, 0.15) is 39.0 Å². The SMILES string of the molecule is CCNC(=NCCS(=O)(=O)NCC1CCC1)NC1CCN(CC(=O)NC)CC1.I. The smallest absolute Gasteiger partial charge is 0.233 e. The van der Waals surface area contributed by atoms with Crippen molar-refractivity contribution in [3.05, 3.63) is 0 Å². The molecule has 29 heavy (non-hydrogen) atoms. The number of carbonyl (C=O) groups excluding carboxylic acids is 1. The first-order valence-electron chi connectivity index (χ1n) is 10.4. The third kappa shape index (κ3) is 10.3. The lowest BCUT2D eigenvalue weighted by Crippen LogP contribution is -2.50. The summed E-state index contributed by atoms with van der Waals surface area (Å²) in [6, 6.07) is 0.270. The molecule has 0 bridgehead atoms. The fraction of sp³-hybridized carbons (Fsp3) is 0.889. The van der Waals surface area contributed by atoms with Crippen LogP contribution in [-0.2, 0) is 14.8 Å². The lowest BCUT2D eigenvalue weighted by molar-refractivity contribution is -0.122. The number of nitrogens with zero attached hydrogens (tertiary/aromatic N) is 2. The molecule has 2 rings (SSSR count). The molecule has 1 heterocycles. The summed E-state index contributed by atoms with van der Waals surface area (Å²) in [6.45, 7) is 5.62. The van der Waals surface area contributed by atoms with Gasteiger partial charge in [-0.2, -0.15) is 0 Å². The average Bonchev–Trinajstić information content (AvgIpc) is 2.61. The molecule has 0 unspecified atom stereocenters. The van der Waals surface area contributed by atoms with Gasteiger partial charge in [-0.15, -0.1) is 24.0 Å². The molecule has 2 fully saturated rings. The zero-order valence-corrected chi connectivity index (χ0v) is 20.7. The maximum absolute atomic E-state index is 12.1. The number of hydrogen-bond acceptors (Lipinski definition) is 5. The Morgan fingerprint density at radius 2 is 1.86 bits per heavy atom. The molecular weight excluding hydrogens is 507 g/mol. The van der Waals surface area contributed by atoms with Crippen molar-refractivity contribution in [1.29, 1.82) is 0 Å². The number of rotatable bonds is 10. The second-order valence-electron chi connectivity index (χ2n) is 7.59. The van der Waals surface area contributed by atoms with E-state index in [1.54, 1.807) is 7.05 Å². The molecule has 1 amide bonds. The number of hydrogen-bond donors (Lipinski definition) is 4. The predicted octanol–water partition coefficient (Wildman–Crippen LogP) is 0.0894. The van der Waals surface area contributed by atoms with E-state index < -0.39 is 10.0 Å². The van der Waals surface area contributed by atoms with Gasteiger partial charge in [0.1, 0.15) is 0 Å². The molecule has 170 valence electrons. The molecule has 4 N–H and O–H groups in total. The Balaban J connectivity index is 0.00000420. The average molecular weight is 545 g/mol. The van der Waals surface area contributed by atoms with Crippen LogP contribution in [-0.4, -0.2) is 83.3 Å². The summed E-state index contributed by atoms with van der Waals surface area (Å²) in [4.78, 5) is 18.0. The summed E-state index contributed by atoms with van der Waals surface area (Å²) in [7, 11) is -1.62. The maximum Gasteiger partial charge on any atom is 0.233 e. The lowest BCUT2D eigenvalue weighted by atomic mass is 9.86. The molecule has 0 aromatic heterocycles. The van der Waals surface area contributed by atoms with Gasteiger partial charge in [0.05, 0.1) is 18.8 Å². The van der Waals surface area contributed by atoms with Crippen molar-refractivity contribution < 1.29 is 13.2 Å².